The first-order valence-corrected chi connectivity index (χ1v) is 9.35. The Kier molecular flexibility index (Phi) is 6.22. The number of hydrogen-bond donors (Lipinski definition) is 3. The number of nitrogens with two attached hydrogens (primary N) is 1. The van der Waals surface area contributed by atoms with Crippen molar-refractivity contribution in [2.45, 2.75) is 12.5 Å². The maximum Gasteiger partial charge on any atom is 0.259 e. The molecule has 150 valence electrons. The highest BCUT2D eigenvalue weighted by Gasteiger charge is 2.19. The van der Waals surface area contributed by atoms with Gasteiger partial charge in [0, 0.05) is 22.7 Å². The summed E-state index contributed by atoms with van der Waals surface area (Å²) in [4.78, 5) is 36.7. The van der Waals surface area contributed by atoms with Gasteiger partial charge in [0.2, 0.25) is 11.8 Å². The molecule has 0 aliphatic rings. The lowest BCUT2D eigenvalue weighted by molar-refractivity contribution is -0.122. The molecule has 3 rings (SSSR count). The van der Waals surface area contributed by atoms with Crippen LogP contribution in [0.1, 0.15) is 11.6 Å². The molecule has 0 saturated heterocycles. The third-order valence-electron chi connectivity index (χ3n) is 4.43. The molecule has 1 unspecified atom stereocenters. The normalized spacial score (nSPS) is 12.0. The molecule has 0 aliphatic heterocycles. The van der Waals surface area contributed by atoms with Crippen LogP contribution in [0.15, 0.2) is 53.5 Å². The summed E-state index contributed by atoms with van der Waals surface area (Å²) in [6, 6.07) is 10.2. The molecule has 1 atom stereocenters. The minimum absolute atomic E-state index is 0.0681. The Labute approximate surface area is 175 Å². The number of halogens is 2. The molecular formula is C20H17Cl2N3O4. The maximum absolute atomic E-state index is 12.7. The highest BCUT2D eigenvalue weighted by atomic mass is 35.5. The van der Waals surface area contributed by atoms with Gasteiger partial charge >= 0.3 is 0 Å². The van der Waals surface area contributed by atoms with Crippen molar-refractivity contribution in [3.05, 3.63) is 74.6 Å². The number of nitrogens with one attached hydrogen (secondary N) is 1. The molecule has 1 aromatic heterocycles. The van der Waals surface area contributed by atoms with Gasteiger partial charge in [0.25, 0.3) is 5.56 Å². The summed E-state index contributed by atoms with van der Waals surface area (Å²) in [7, 11) is 0. The Morgan fingerprint density at radius 3 is 2.52 bits per heavy atom. The largest absolute Gasteiger partial charge is 0.394 e. The number of hydrogen-bond acceptors (Lipinski definition) is 4. The van der Waals surface area contributed by atoms with Gasteiger partial charge in [-0.15, -0.1) is 0 Å². The first kappa shape index (κ1) is 20.9. The van der Waals surface area contributed by atoms with Crippen LogP contribution in [-0.2, 0) is 16.0 Å². The molecule has 0 spiro atoms. The zero-order valence-corrected chi connectivity index (χ0v) is 16.6. The first-order chi connectivity index (χ1) is 13.8. The van der Waals surface area contributed by atoms with Crippen molar-refractivity contribution < 1.29 is 14.7 Å². The molecule has 2 aromatic carbocycles. The summed E-state index contributed by atoms with van der Waals surface area (Å²) < 4.78 is 1.08. The SMILES string of the molecule is NC(=O)C(CO)n1ccc2c(NC(=O)Cc3ccc(Cl)c(Cl)c3)cccc2c1=O. The molecule has 0 fully saturated rings. The molecule has 0 aliphatic carbocycles. The highest BCUT2D eigenvalue weighted by molar-refractivity contribution is 6.42. The Bertz CT molecular complexity index is 1160. The molecule has 1 heterocycles. The van der Waals surface area contributed by atoms with Gasteiger partial charge in [-0.2, -0.15) is 0 Å². The van der Waals surface area contributed by atoms with Gasteiger partial charge in [0.05, 0.1) is 23.1 Å². The minimum Gasteiger partial charge on any atom is -0.394 e. The average molecular weight is 434 g/mol. The number of aliphatic hydroxyl groups excluding tert-OH is 1. The van der Waals surface area contributed by atoms with Gasteiger partial charge in [-0.25, -0.2) is 0 Å². The Balaban J connectivity index is 1.91. The van der Waals surface area contributed by atoms with E-state index in [1.807, 2.05) is 0 Å². The molecule has 9 heteroatoms. The number of rotatable bonds is 6. The van der Waals surface area contributed by atoms with Gasteiger partial charge in [-0.05, 0) is 35.9 Å². The molecule has 7 nitrogen and oxygen atoms in total. The maximum atomic E-state index is 12.7. The molecule has 4 N–H and O–H groups in total. The van der Waals surface area contributed by atoms with Crippen LogP contribution in [0.4, 0.5) is 5.69 Å². The van der Waals surface area contributed by atoms with Crippen molar-refractivity contribution in [2.24, 2.45) is 5.73 Å². The smallest absolute Gasteiger partial charge is 0.259 e. The zero-order valence-electron chi connectivity index (χ0n) is 15.1. The number of amides is 2. The number of fused-ring (bicyclic) bond motifs is 1. The Morgan fingerprint density at radius 2 is 1.86 bits per heavy atom. The van der Waals surface area contributed by atoms with Crippen molar-refractivity contribution in [3.8, 4) is 0 Å². The van der Waals surface area contributed by atoms with Gasteiger partial charge in [-0.3, -0.25) is 14.4 Å². The zero-order chi connectivity index (χ0) is 21.1. The molecule has 0 saturated carbocycles. The van der Waals surface area contributed by atoms with E-state index in [0.29, 0.717) is 26.7 Å². The van der Waals surface area contributed by atoms with E-state index in [9.17, 15) is 19.5 Å². The van der Waals surface area contributed by atoms with Crippen LogP contribution in [0.3, 0.4) is 0 Å². The van der Waals surface area contributed by atoms with E-state index < -0.39 is 24.1 Å². The second-order valence-corrected chi connectivity index (χ2v) is 7.18. The van der Waals surface area contributed by atoms with Gasteiger partial charge in [0.1, 0.15) is 6.04 Å². The summed E-state index contributed by atoms with van der Waals surface area (Å²) in [6.45, 7) is -0.596. The van der Waals surface area contributed by atoms with Crippen LogP contribution in [0.25, 0.3) is 10.8 Å². The number of carbonyl (C=O) groups excluding carboxylic acids is 2. The topological polar surface area (TPSA) is 114 Å². The second kappa shape index (κ2) is 8.65. The summed E-state index contributed by atoms with van der Waals surface area (Å²) >= 11 is 11.9. The predicted molar refractivity (Wildman–Crippen MR) is 112 cm³/mol. The van der Waals surface area contributed by atoms with Crippen molar-refractivity contribution in [3.63, 3.8) is 0 Å². The van der Waals surface area contributed by atoms with Crippen LogP contribution in [0.5, 0.6) is 0 Å². The fourth-order valence-electron chi connectivity index (χ4n) is 2.99. The third kappa shape index (κ3) is 4.42. The fourth-order valence-corrected chi connectivity index (χ4v) is 3.31. The van der Waals surface area contributed by atoms with E-state index >= 15 is 0 Å². The number of anilines is 1. The van der Waals surface area contributed by atoms with Gasteiger partial charge in [-0.1, -0.05) is 35.3 Å². The van der Waals surface area contributed by atoms with Gasteiger partial charge in [0.15, 0.2) is 0 Å². The van der Waals surface area contributed by atoms with Crippen LogP contribution in [0, 0.1) is 0 Å². The summed E-state index contributed by atoms with van der Waals surface area (Å²) in [5.41, 5.74) is 5.88. The van der Waals surface area contributed by atoms with E-state index in [2.05, 4.69) is 5.32 Å². The van der Waals surface area contributed by atoms with Crippen LogP contribution < -0.4 is 16.6 Å². The predicted octanol–water partition coefficient (Wildman–Crippen LogP) is 2.51. The summed E-state index contributed by atoms with van der Waals surface area (Å²) in [5, 5.41) is 13.7. The number of aliphatic hydroxyl groups is 1. The Hall–Kier alpha value is -2.87. The van der Waals surface area contributed by atoms with Crippen molar-refractivity contribution in [1.82, 2.24) is 4.57 Å². The highest BCUT2D eigenvalue weighted by Crippen LogP contribution is 2.24. The molecule has 0 bridgehead atoms. The molecule has 0 radical (unpaired) electrons. The van der Waals surface area contributed by atoms with Crippen molar-refractivity contribution in [1.29, 1.82) is 0 Å². The number of nitrogens with zero attached hydrogens (tertiary/aromatic N) is 1. The minimum atomic E-state index is -1.17. The average Bonchev–Trinajstić information content (AvgIpc) is 2.67. The number of aromatic nitrogens is 1. The van der Waals surface area contributed by atoms with E-state index in [1.165, 1.54) is 6.20 Å². The molecule has 29 heavy (non-hydrogen) atoms. The number of primary amides is 1. The van der Waals surface area contributed by atoms with Crippen LogP contribution >= 0.6 is 23.2 Å². The van der Waals surface area contributed by atoms with E-state index in [-0.39, 0.29) is 17.7 Å². The van der Waals surface area contributed by atoms with E-state index in [4.69, 9.17) is 28.9 Å². The fraction of sp³-hybridized carbons (Fsp3) is 0.150. The third-order valence-corrected chi connectivity index (χ3v) is 5.17. The lowest BCUT2D eigenvalue weighted by Gasteiger charge is -2.16. The first-order valence-electron chi connectivity index (χ1n) is 8.59. The molecular weight excluding hydrogens is 417 g/mol. The van der Waals surface area contributed by atoms with E-state index in [0.717, 1.165) is 4.57 Å². The quantitative estimate of drug-likeness (QED) is 0.553. The molecule has 3 aromatic rings. The van der Waals surface area contributed by atoms with Crippen molar-refractivity contribution >= 4 is 51.5 Å². The summed E-state index contributed by atoms with van der Waals surface area (Å²) in [5.74, 6) is -1.12. The van der Waals surface area contributed by atoms with Crippen molar-refractivity contribution in [2.75, 3.05) is 11.9 Å². The van der Waals surface area contributed by atoms with Crippen LogP contribution in [0.2, 0.25) is 10.0 Å². The molecule has 2 amide bonds. The lowest BCUT2D eigenvalue weighted by atomic mass is 10.1. The number of carbonyl (C=O) groups is 2. The standard InChI is InChI=1S/C20H17Cl2N3O4/c21-14-5-4-11(8-15(14)22)9-18(27)24-16-3-1-2-13-12(16)6-7-25(20(13)29)17(10-26)19(23)28/h1-8,17,26H,9-10H2,(H2,23,28)(H,24,27). The second-order valence-electron chi connectivity index (χ2n) is 6.37. The monoisotopic (exact) mass is 433 g/mol. The van der Waals surface area contributed by atoms with Crippen LogP contribution in [-0.4, -0.2) is 28.1 Å². The number of pyridine rings is 1. The number of benzene rings is 2. The lowest BCUT2D eigenvalue weighted by Crippen LogP contribution is -2.35. The van der Waals surface area contributed by atoms with Gasteiger partial charge < -0.3 is 20.7 Å². The summed E-state index contributed by atoms with van der Waals surface area (Å²) in [6.07, 6.45) is 1.43. The Morgan fingerprint density at radius 1 is 1.10 bits per heavy atom. The van der Waals surface area contributed by atoms with E-state index in [1.54, 1.807) is 42.5 Å².